The molecule has 1 aromatic carbocycles. The first-order chi connectivity index (χ1) is 8.61. The average molecular weight is 247 g/mol. The first-order valence-corrected chi connectivity index (χ1v) is 5.83. The summed E-state index contributed by atoms with van der Waals surface area (Å²) in [6.45, 7) is 3.40. The number of benzene rings is 1. The third-order valence-electron chi connectivity index (χ3n) is 3.21. The predicted octanol–water partition coefficient (Wildman–Crippen LogP) is 1.49. The summed E-state index contributed by atoms with van der Waals surface area (Å²) in [6.07, 6.45) is 0. The van der Waals surface area contributed by atoms with Crippen molar-refractivity contribution in [1.29, 1.82) is 5.26 Å². The van der Waals surface area contributed by atoms with E-state index in [4.69, 9.17) is 5.26 Å². The third-order valence-corrected chi connectivity index (χ3v) is 3.21. The lowest BCUT2D eigenvalue weighted by Gasteiger charge is -2.14. The van der Waals surface area contributed by atoms with Crippen LogP contribution in [0.3, 0.4) is 0 Å². The molecule has 0 unspecified atom stereocenters. The minimum Gasteiger partial charge on any atom is -0.323 e. The van der Waals surface area contributed by atoms with Crippen LogP contribution in [0.5, 0.6) is 0 Å². The number of nitrogens with zero attached hydrogens (tertiary/aromatic N) is 1. The molecular formula is C13H14FN3O. The number of hydrogen-bond donors (Lipinski definition) is 2. The first-order valence-electron chi connectivity index (χ1n) is 5.83. The van der Waals surface area contributed by atoms with Crippen molar-refractivity contribution in [2.75, 3.05) is 18.4 Å². The molecule has 0 aromatic heterocycles. The standard InChI is InChI=1S/C13H14FN3O/c1-8-6-16-7-10(8)13(18)17-12-3-2-9(5-15)4-11(12)14/h2-4,8,10,16H,6-7H2,1H3,(H,17,18)/t8-,10-/m1/s1. The number of carbonyl (C=O) groups excluding carboxylic acids is 1. The summed E-state index contributed by atoms with van der Waals surface area (Å²) in [5.74, 6) is -0.663. The highest BCUT2D eigenvalue weighted by atomic mass is 19.1. The van der Waals surface area contributed by atoms with Gasteiger partial charge in [0.05, 0.1) is 23.2 Å². The molecule has 0 spiro atoms. The van der Waals surface area contributed by atoms with Gasteiger partial charge in [-0.15, -0.1) is 0 Å². The maximum absolute atomic E-state index is 13.6. The number of halogens is 1. The molecule has 5 heteroatoms. The number of nitrogens with one attached hydrogen (secondary N) is 2. The molecule has 2 atom stereocenters. The summed E-state index contributed by atoms with van der Waals surface area (Å²) < 4.78 is 13.6. The quantitative estimate of drug-likeness (QED) is 0.832. The number of rotatable bonds is 2. The minimum absolute atomic E-state index is 0.123. The number of anilines is 1. The van der Waals surface area contributed by atoms with Crippen LogP contribution in [-0.2, 0) is 4.79 Å². The highest BCUT2D eigenvalue weighted by molar-refractivity contribution is 5.93. The van der Waals surface area contributed by atoms with Crippen molar-refractivity contribution in [3.8, 4) is 6.07 Å². The molecule has 1 aliphatic heterocycles. The Morgan fingerprint density at radius 2 is 2.33 bits per heavy atom. The molecule has 94 valence electrons. The zero-order valence-corrected chi connectivity index (χ0v) is 10.0. The van der Waals surface area contributed by atoms with E-state index in [-0.39, 0.29) is 29.0 Å². The van der Waals surface area contributed by atoms with E-state index >= 15 is 0 Å². The first kappa shape index (κ1) is 12.5. The van der Waals surface area contributed by atoms with E-state index < -0.39 is 5.82 Å². The van der Waals surface area contributed by atoms with Crippen LogP contribution in [-0.4, -0.2) is 19.0 Å². The van der Waals surface area contributed by atoms with E-state index in [1.807, 2.05) is 13.0 Å². The van der Waals surface area contributed by atoms with Gasteiger partial charge in [-0.3, -0.25) is 4.79 Å². The number of hydrogen-bond acceptors (Lipinski definition) is 3. The van der Waals surface area contributed by atoms with Crippen molar-refractivity contribution in [2.45, 2.75) is 6.92 Å². The molecule has 0 aliphatic carbocycles. The molecule has 2 N–H and O–H groups in total. The van der Waals surface area contributed by atoms with E-state index in [1.54, 1.807) is 0 Å². The monoisotopic (exact) mass is 247 g/mol. The second-order valence-electron chi connectivity index (χ2n) is 4.54. The van der Waals surface area contributed by atoms with Gasteiger partial charge in [0, 0.05) is 6.54 Å². The fourth-order valence-electron chi connectivity index (χ4n) is 2.07. The van der Waals surface area contributed by atoms with Crippen LogP contribution >= 0.6 is 0 Å². The number of carbonyl (C=O) groups is 1. The van der Waals surface area contributed by atoms with Gasteiger partial charge in [-0.25, -0.2) is 4.39 Å². The summed E-state index contributed by atoms with van der Waals surface area (Å²) in [6, 6.07) is 5.86. The van der Waals surface area contributed by atoms with E-state index in [2.05, 4.69) is 10.6 Å². The minimum atomic E-state index is -0.582. The summed E-state index contributed by atoms with van der Waals surface area (Å²) in [4.78, 5) is 11.9. The Morgan fingerprint density at radius 1 is 1.56 bits per heavy atom. The topological polar surface area (TPSA) is 64.9 Å². The van der Waals surface area contributed by atoms with Gasteiger partial charge in [-0.1, -0.05) is 6.92 Å². The Labute approximate surface area is 105 Å². The fraction of sp³-hybridized carbons (Fsp3) is 0.385. The maximum Gasteiger partial charge on any atom is 0.229 e. The van der Waals surface area contributed by atoms with Crippen molar-refractivity contribution in [3.63, 3.8) is 0 Å². The van der Waals surface area contributed by atoms with E-state index in [1.165, 1.54) is 12.1 Å². The highest BCUT2D eigenvalue weighted by Crippen LogP contribution is 2.20. The van der Waals surface area contributed by atoms with Gasteiger partial charge in [0.2, 0.25) is 5.91 Å². The van der Waals surface area contributed by atoms with Crippen molar-refractivity contribution in [2.24, 2.45) is 11.8 Å². The van der Waals surface area contributed by atoms with E-state index in [9.17, 15) is 9.18 Å². The molecule has 1 saturated heterocycles. The van der Waals surface area contributed by atoms with Gasteiger partial charge in [-0.2, -0.15) is 5.26 Å². The Balaban J connectivity index is 2.10. The van der Waals surface area contributed by atoms with E-state index in [0.29, 0.717) is 6.54 Å². The number of amides is 1. The summed E-state index contributed by atoms with van der Waals surface area (Å²) in [5.41, 5.74) is 0.361. The molecule has 4 nitrogen and oxygen atoms in total. The van der Waals surface area contributed by atoms with Crippen LogP contribution in [0, 0.1) is 29.0 Å². The van der Waals surface area contributed by atoms with Crippen molar-refractivity contribution >= 4 is 11.6 Å². The summed E-state index contributed by atoms with van der Waals surface area (Å²) in [5, 5.41) is 14.3. The molecule has 0 saturated carbocycles. The second kappa shape index (κ2) is 5.15. The lowest BCUT2D eigenvalue weighted by atomic mass is 9.97. The zero-order valence-electron chi connectivity index (χ0n) is 10.0. The van der Waals surface area contributed by atoms with Gasteiger partial charge >= 0.3 is 0 Å². The molecule has 0 bridgehead atoms. The largest absolute Gasteiger partial charge is 0.323 e. The second-order valence-corrected chi connectivity index (χ2v) is 4.54. The lowest BCUT2D eigenvalue weighted by molar-refractivity contribution is -0.120. The Bertz CT molecular complexity index is 509. The fourth-order valence-corrected chi connectivity index (χ4v) is 2.07. The van der Waals surface area contributed by atoms with Crippen LogP contribution < -0.4 is 10.6 Å². The zero-order chi connectivity index (χ0) is 13.1. The Kier molecular flexibility index (Phi) is 3.58. The Morgan fingerprint density at radius 3 is 2.89 bits per heavy atom. The normalized spacial score (nSPS) is 22.5. The lowest BCUT2D eigenvalue weighted by Crippen LogP contribution is -2.28. The van der Waals surface area contributed by atoms with Gasteiger partial charge in [0.1, 0.15) is 5.82 Å². The molecule has 1 fully saturated rings. The van der Waals surface area contributed by atoms with Crippen LogP contribution in [0.4, 0.5) is 10.1 Å². The average Bonchev–Trinajstić information content (AvgIpc) is 2.78. The highest BCUT2D eigenvalue weighted by Gasteiger charge is 2.29. The maximum atomic E-state index is 13.6. The van der Waals surface area contributed by atoms with Crippen molar-refractivity contribution in [3.05, 3.63) is 29.6 Å². The molecule has 2 rings (SSSR count). The number of nitriles is 1. The molecular weight excluding hydrogens is 233 g/mol. The van der Waals surface area contributed by atoms with Crippen LogP contribution in [0.15, 0.2) is 18.2 Å². The van der Waals surface area contributed by atoms with Crippen LogP contribution in [0.25, 0.3) is 0 Å². The van der Waals surface area contributed by atoms with Crippen LogP contribution in [0.2, 0.25) is 0 Å². The van der Waals surface area contributed by atoms with Crippen molar-refractivity contribution in [1.82, 2.24) is 5.32 Å². The molecule has 1 aliphatic rings. The smallest absolute Gasteiger partial charge is 0.229 e. The van der Waals surface area contributed by atoms with Gasteiger partial charge in [0.25, 0.3) is 0 Å². The van der Waals surface area contributed by atoms with E-state index in [0.717, 1.165) is 12.6 Å². The van der Waals surface area contributed by atoms with Gasteiger partial charge in [0.15, 0.2) is 0 Å². The van der Waals surface area contributed by atoms with Crippen molar-refractivity contribution < 1.29 is 9.18 Å². The van der Waals surface area contributed by atoms with Gasteiger partial charge < -0.3 is 10.6 Å². The Hall–Kier alpha value is -1.93. The SMILES string of the molecule is C[C@@H]1CNC[C@H]1C(=O)Nc1ccc(C#N)cc1F. The van der Waals surface area contributed by atoms with Crippen LogP contribution in [0.1, 0.15) is 12.5 Å². The third kappa shape index (κ3) is 2.49. The summed E-state index contributed by atoms with van der Waals surface area (Å²) in [7, 11) is 0. The summed E-state index contributed by atoms with van der Waals surface area (Å²) >= 11 is 0. The molecule has 1 heterocycles. The molecule has 18 heavy (non-hydrogen) atoms. The molecule has 1 aromatic rings. The molecule has 0 radical (unpaired) electrons. The molecule has 1 amide bonds. The van der Waals surface area contributed by atoms with Gasteiger partial charge in [-0.05, 0) is 30.7 Å². The predicted molar refractivity (Wildman–Crippen MR) is 65.3 cm³/mol.